The molecule has 0 atom stereocenters. The van der Waals surface area contributed by atoms with E-state index in [0.29, 0.717) is 12.1 Å². The monoisotopic (exact) mass is 452 g/mol. The zero-order valence-corrected chi connectivity index (χ0v) is 15.8. The van der Waals surface area contributed by atoms with Gasteiger partial charge in [0.15, 0.2) is 9.84 Å². The summed E-state index contributed by atoms with van der Waals surface area (Å²) < 4.78 is 102. The van der Waals surface area contributed by atoms with Crippen LogP contribution in [0.4, 0.5) is 32.2 Å². The van der Waals surface area contributed by atoms with Gasteiger partial charge in [-0.05, 0) is 43.2 Å². The first-order chi connectivity index (χ1) is 13.8. The van der Waals surface area contributed by atoms with Crippen LogP contribution in [0.2, 0.25) is 0 Å². The van der Waals surface area contributed by atoms with Gasteiger partial charge in [-0.1, -0.05) is 6.07 Å². The topological polar surface area (TPSA) is 76.1 Å². The number of hydrogen-bond acceptors (Lipinski definition) is 4. The zero-order valence-electron chi connectivity index (χ0n) is 15.0. The fourth-order valence-corrected chi connectivity index (χ4v) is 4.89. The number of hydrogen-bond donors (Lipinski definition) is 1. The van der Waals surface area contributed by atoms with Crippen molar-refractivity contribution in [3.8, 4) is 0 Å². The molecule has 0 aliphatic heterocycles. The van der Waals surface area contributed by atoms with Gasteiger partial charge in [0.1, 0.15) is 5.82 Å². The van der Waals surface area contributed by atoms with E-state index >= 15 is 0 Å². The maximum absolute atomic E-state index is 12.8. The second-order valence-corrected chi connectivity index (χ2v) is 9.01. The lowest BCUT2D eigenvalue weighted by atomic mass is 9.84. The normalized spacial score (nSPS) is 19.8. The largest absolute Gasteiger partial charge is 0.416 e. The van der Waals surface area contributed by atoms with Gasteiger partial charge in [0.05, 0.1) is 21.3 Å². The van der Waals surface area contributed by atoms with E-state index in [-0.39, 0.29) is 18.7 Å². The Labute approximate surface area is 167 Å². The summed E-state index contributed by atoms with van der Waals surface area (Å²) in [6.45, 7) is 0. The van der Waals surface area contributed by atoms with E-state index in [1.54, 1.807) is 0 Å². The molecule has 0 radical (unpaired) electrons. The number of sulfone groups is 1. The molecular weight excluding hydrogens is 438 g/mol. The number of nitrogens with one attached hydrogen (secondary N) is 1. The van der Waals surface area contributed by atoms with Crippen molar-refractivity contribution >= 4 is 21.6 Å². The van der Waals surface area contributed by atoms with Gasteiger partial charge in [0.25, 0.3) is 0 Å². The average Bonchev–Trinajstić information content (AvgIpc) is 2.59. The number of nitrogens with zero attached hydrogens (tertiary/aromatic N) is 1. The van der Waals surface area contributed by atoms with Crippen molar-refractivity contribution < 1.29 is 39.6 Å². The van der Waals surface area contributed by atoms with E-state index in [2.05, 4.69) is 10.3 Å². The third kappa shape index (κ3) is 4.58. The molecule has 1 aromatic carbocycles. The first-order valence-corrected chi connectivity index (χ1v) is 10.1. The number of amides is 1. The number of carbonyl (C=O) groups excluding carboxylic acids is 1. The van der Waals surface area contributed by atoms with Crippen LogP contribution in [-0.2, 0) is 27.0 Å². The predicted octanol–water partition coefficient (Wildman–Crippen LogP) is 4.31. The number of carbonyl (C=O) groups is 1. The standard InChI is InChI=1S/C18H14F6N2O3S/c19-17(20,21)11-2-1-3-13(8-11)30(28,29)14-6-10(7-14)16(27)26-15-9-12(4-5-25-15)18(22,23)24/h1-5,8-10,14H,6-7H2,(H,25,26,27)/t10-,14+. The molecule has 5 nitrogen and oxygen atoms in total. The van der Waals surface area contributed by atoms with E-state index in [0.717, 1.165) is 30.5 Å². The lowest BCUT2D eigenvalue weighted by molar-refractivity contribution is -0.138. The molecule has 1 aliphatic rings. The van der Waals surface area contributed by atoms with Gasteiger partial charge in [0.2, 0.25) is 5.91 Å². The Morgan fingerprint density at radius 3 is 2.17 bits per heavy atom. The number of halogens is 6. The summed E-state index contributed by atoms with van der Waals surface area (Å²) in [5.74, 6) is -1.86. The molecule has 1 aliphatic carbocycles. The number of aromatic nitrogens is 1. The van der Waals surface area contributed by atoms with Gasteiger partial charge in [-0.2, -0.15) is 26.3 Å². The molecule has 3 rings (SSSR count). The van der Waals surface area contributed by atoms with Gasteiger partial charge < -0.3 is 5.32 Å². The van der Waals surface area contributed by atoms with E-state index < -0.39 is 55.3 Å². The highest BCUT2D eigenvalue weighted by Crippen LogP contribution is 2.39. The summed E-state index contributed by atoms with van der Waals surface area (Å²) in [4.78, 5) is 15.3. The second-order valence-electron chi connectivity index (χ2n) is 6.78. The molecule has 1 heterocycles. The Morgan fingerprint density at radius 2 is 1.57 bits per heavy atom. The summed E-state index contributed by atoms with van der Waals surface area (Å²) in [7, 11) is -4.09. The zero-order chi connectivity index (χ0) is 22.3. The molecule has 1 saturated carbocycles. The highest BCUT2D eigenvalue weighted by molar-refractivity contribution is 7.92. The molecule has 162 valence electrons. The van der Waals surface area contributed by atoms with Crippen molar-refractivity contribution in [2.24, 2.45) is 5.92 Å². The molecule has 1 N–H and O–H groups in total. The predicted molar refractivity (Wildman–Crippen MR) is 93.0 cm³/mol. The molecule has 12 heteroatoms. The maximum atomic E-state index is 12.8. The van der Waals surface area contributed by atoms with Crippen molar-refractivity contribution in [3.05, 3.63) is 53.7 Å². The summed E-state index contributed by atoms with van der Waals surface area (Å²) >= 11 is 0. The average molecular weight is 452 g/mol. The summed E-state index contributed by atoms with van der Waals surface area (Å²) in [6, 6.07) is 4.69. The van der Waals surface area contributed by atoms with E-state index in [1.807, 2.05) is 0 Å². The van der Waals surface area contributed by atoms with E-state index in [9.17, 15) is 39.6 Å². The SMILES string of the molecule is O=C(Nc1cc(C(F)(F)F)ccn1)[C@H]1C[C@@H](S(=O)(=O)c2cccc(C(F)(F)F)c2)C1. The molecule has 1 fully saturated rings. The molecular formula is C18H14F6N2O3S. The molecule has 0 saturated heterocycles. The molecule has 1 amide bonds. The Bertz CT molecular complexity index is 1060. The molecule has 1 aromatic heterocycles. The molecule has 0 bridgehead atoms. The van der Waals surface area contributed by atoms with Gasteiger partial charge in [-0.15, -0.1) is 0 Å². The van der Waals surface area contributed by atoms with Crippen LogP contribution in [0, 0.1) is 5.92 Å². The Kier molecular flexibility index (Phi) is 5.56. The third-order valence-electron chi connectivity index (χ3n) is 4.73. The van der Waals surface area contributed by atoms with Crippen molar-refractivity contribution in [1.82, 2.24) is 4.98 Å². The van der Waals surface area contributed by atoms with Crippen molar-refractivity contribution in [2.45, 2.75) is 35.3 Å². The van der Waals surface area contributed by atoms with Crippen molar-refractivity contribution in [3.63, 3.8) is 0 Å². The summed E-state index contributed by atoms with van der Waals surface area (Å²) in [5, 5.41) is 1.14. The van der Waals surface area contributed by atoms with Gasteiger partial charge >= 0.3 is 12.4 Å². The minimum absolute atomic E-state index is 0.163. The van der Waals surface area contributed by atoms with Crippen LogP contribution in [0.15, 0.2) is 47.5 Å². The van der Waals surface area contributed by atoms with Crippen LogP contribution in [0.3, 0.4) is 0 Å². The molecule has 0 spiro atoms. The van der Waals surface area contributed by atoms with Crippen molar-refractivity contribution in [2.75, 3.05) is 5.32 Å². The van der Waals surface area contributed by atoms with Crippen LogP contribution < -0.4 is 5.32 Å². The minimum atomic E-state index is -4.70. The number of alkyl halides is 6. The van der Waals surface area contributed by atoms with E-state index in [4.69, 9.17) is 0 Å². The first kappa shape index (κ1) is 22.1. The minimum Gasteiger partial charge on any atom is -0.310 e. The lowest BCUT2D eigenvalue weighted by Gasteiger charge is -2.33. The second kappa shape index (κ2) is 7.56. The van der Waals surface area contributed by atoms with Gasteiger partial charge in [-0.3, -0.25) is 4.79 Å². The van der Waals surface area contributed by atoms with Gasteiger partial charge in [0, 0.05) is 12.1 Å². The smallest absolute Gasteiger partial charge is 0.310 e. The van der Waals surface area contributed by atoms with Crippen LogP contribution in [0.25, 0.3) is 0 Å². The summed E-state index contributed by atoms with van der Waals surface area (Å²) in [5.41, 5.74) is -2.11. The lowest BCUT2D eigenvalue weighted by Crippen LogP contribution is -2.42. The number of benzene rings is 1. The van der Waals surface area contributed by atoms with Crippen LogP contribution in [0.5, 0.6) is 0 Å². The number of rotatable bonds is 4. The highest BCUT2D eigenvalue weighted by atomic mass is 32.2. The first-order valence-electron chi connectivity index (χ1n) is 8.54. The van der Waals surface area contributed by atoms with Crippen LogP contribution >= 0.6 is 0 Å². The summed E-state index contributed by atoms with van der Waals surface area (Å²) in [6.07, 6.45) is -8.78. The van der Waals surface area contributed by atoms with Crippen molar-refractivity contribution in [1.29, 1.82) is 0 Å². The molecule has 0 unspecified atom stereocenters. The Balaban J connectivity index is 1.66. The Hall–Kier alpha value is -2.63. The van der Waals surface area contributed by atoms with E-state index in [1.165, 1.54) is 0 Å². The van der Waals surface area contributed by atoms with Crippen LogP contribution in [-0.4, -0.2) is 24.6 Å². The van der Waals surface area contributed by atoms with Crippen LogP contribution in [0.1, 0.15) is 24.0 Å². The fourth-order valence-electron chi connectivity index (χ4n) is 2.98. The third-order valence-corrected chi connectivity index (χ3v) is 6.91. The molecule has 30 heavy (non-hydrogen) atoms. The number of pyridine rings is 1. The molecule has 2 aromatic rings. The van der Waals surface area contributed by atoms with Gasteiger partial charge in [-0.25, -0.2) is 13.4 Å². The fraction of sp³-hybridized carbons (Fsp3) is 0.333. The maximum Gasteiger partial charge on any atom is 0.416 e. The quantitative estimate of drug-likeness (QED) is 0.702. The number of anilines is 1. The highest BCUT2D eigenvalue weighted by Gasteiger charge is 2.43. The Morgan fingerprint density at radius 1 is 0.967 bits per heavy atom.